The third kappa shape index (κ3) is 2.06. The minimum atomic E-state index is -0.875. The predicted molar refractivity (Wildman–Crippen MR) is 77.7 cm³/mol. The maximum atomic E-state index is 10.9. The van der Waals surface area contributed by atoms with Gasteiger partial charge in [0, 0.05) is 10.2 Å². The number of para-hydroxylation sites is 1. The third-order valence-corrected chi connectivity index (χ3v) is 5.34. The largest absolute Gasteiger partial charge is 0.480 e. The van der Waals surface area contributed by atoms with Crippen molar-refractivity contribution in [2.75, 3.05) is 5.75 Å². The molecule has 18 heavy (non-hydrogen) atoms. The van der Waals surface area contributed by atoms with E-state index in [1.807, 2.05) is 18.2 Å². The number of aliphatic carboxylic acids is 1. The van der Waals surface area contributed by atoms with Crippen LogP contribution in [0.5, 0.6) is 0 Å². The van der Waals surface area contributed by atoms with Gasteiger partial charge in [-0.05, 0) is 28.1 Å². The molecule has 0 fully saturated rings. The van der Waals surface area contributed by atoms with E-state index in [9.17, 15) is 4.79 Å². The maximum Gasteiger partial charge on any atom is 0.329 e. The second kappa shape index (κ2) is 4.64. The molecule has 2 aromatic rings. The highest BCUT2D eigenvalue weighted by Crippen LogP contribution is 2.32. The molecule has 1 atom stereocenters. The van der Waals surface area contributed by atoms with Crippen LogP contribution in [-0.4, -0.2) is 32.9 Å². The van der Waals surface area contributed by atoms with E-state index in [0.29, 0.717) is 5.75 Å². The molecule has 0 aliphatic carbocycles. The Kier molecular flexibility index (Phi) is 3.13. The fraction of sp³-hybridized carbons (Fsp3) is 0.182. The van der Waals surface area contributed by atoms with E-state index >= 15 is 0 Å². The third-order valence-electron chi connectivity index (χ3n) is 2.49. The minimum absolute atomic E-state index is 0.488. The van der Waals surface area contributed by atoms with Crippen LogP contribution in [0.4, 0.5) is 0 Å². The van der Waals surface area contributed by atoms with Gasteiger partial charge in [-0.15, -0.1) is 23.1 Å². The highest BCUT2D eigenvalue weighted by Gasteiger charge is 2.26. The van der Waals surface area contributed by atoms with Gasteiger partial charge in [0.05, 0.1) is 10.2 Å². The number of benzene rings is 1. The van der Waals surface area contributed by atoms with Crippen LogP contribution in [0.2, 0.25) is 0 Å². The van der Waals surface area contributed by atoms with Gasteiger partial charge in [-0.3, -0.25) is 4.99 Å². The lowest BCUT2D eigenvalue weighted by molar-refractivity contribution is -0.137. The van der Waals surface area contributed by atoms with Crippen LogP contribution in [0.25, 0.3) is 10.2 Å². The Bertz CT molecular complexity index is 668. The lowest BCUT2D eigenvalue weighted by atomic mass is 10.3. The number of nitrogens with zero attached hydrogens (tertiary/aromatic N) is 2. The topological polar surface area (TPSA) is 62.5 Å². The number of hydrogen-bond acceptors (Lipinski definition) is 5. The number of carboxylic acid groups (broad SMARTS) is 1. The van der Waals surface area contributed by atoms with Crippen molar-refractivity contribution in [1.82, 2.24) is 4.98 Å². The Hall–Kier alpha value is -0.920. The summed E-state index contributed by atoms with van der Waals surface area (Å²) in [6.07, 6.45) is 0. The number of carboxylic acids is 1. The number of carbonyl (C=O) groups is 1. The Labute approximate surface area is 119 Å². The molecule has 0 spiro atoms. The number of aromatic nitrogens is 1. The van der Waals surface area contributed by atoms with E-state index < -0.39 is 12.0 Å². The molecule has 3 rings (SSSR count). The fourth-order valence-corrected chi connectivity index (χ4v) is 4.30. The first kappa shape index (κ1) is 12.1. The number of thiazole rings is 1. The van der Waals surface area contributed by atoms with E-state index in [1.54, 1.807) is 0 Å². The molecule has 1 aromatic carbocycles. The van der Waals surface area contributed by atoms with Gasteiger partial charge in [-0.2, -0.15) is 0 Å². The predicted octanol–water partition coefficient (Wildman–Crippen LogP) is 3.01. The van der Waals surface area contributed by atoms with Gasteiger partial charge in [0.2, 0.25) is 0 Å². The van der Waals surface area contributed by atoms with Crippen LogP contribution < -0.4 is 0 Å². The van der Waals surface area contributed by atoms with Crippen LogP contribution in [-0.2, 0) is 4.79 Å². The number of aliphatic imine (C=N–C) groups is 1. The van der Waals surface area contributed by atoms with Crippen molar-refractivity contribution in [1.29, 1.82) is 0 Å². The summed E-state index contributed by atoms with van der Waals surface area (Å²) >= 11 is 6.45. The lowest BCUT2D eigenvalue weighted by Gasteiger charge is -1.93. The highest BCUT2D eigenvalue weighted by molar-refractivity contribution is 9.10. The Morgan fingerprint density at radius 2 is 2.33 bits per heavy atom. The van der Waals surface area contributed by atoms with E-state index in [1.165, 1.54) is 23.1 Å². The smallest absolute Gasteiger partial charge is 0.329 e. The summed E-state index contributed by atoms with van der Waals surface area (Å²) in [6.45, 7) is 0. The molecule has 1 N–H and O–H groups in total. The molecule has 1 unspecified atom stereocenters. The summed E-state index contributed by atoms with van der Waals surface area (Å²) in [5.41, 5.74) is 0.902. The molecular formula is C11H7BrN2O2S2. The first-order chi connectivity index (χ1) is 8.65. The zero-order valence-electron chi connectivity index (χ0n) is 8.96. The van der Waals surface area contributed by atoms with Crippen molar-refractivity contribution in [3.63, 3.8) is 0 Å². The number of hydrogen-bond donors (Lipinski definition) is 1. The van der Waals surface area contributed by atoms with Crippen LogP contribution in [0.3, 0.4) is 0 Å². The summed E-state index contributed by atoms with van der Waals surface area (Å²) in [7, 11) is 0. The Balaban J connectivity index is 2.03. The van der Waals surface area contributed by atoms with Gasteiger partial charge in [-0.1, -0.05) is 6.07 Å². The second-order valence-electron chi connectivity index (χ2n) is 3.70. The zero-order chi connectivity index (χ0) is 12.7. The van der Waals surface area contributed by atoms with Gasteiger partial charge < -0.3 is 5.11 Å². The molecule has 7 heteroatoms. The summed E-state index contributed by atoms with van der Waals surface area (Å²) in [5.74, 6) is -0.387. The highest BCUT2D eigenvalue weighted by atomic mass is 79.9. The molecular weight excluding hydrogens is 336 g/mol. The molecule has 0 radical (unpaired) electrons. The first-order valence-electron chi connectivity index (χ1n) is 5.14. The van der Waals surface area contributed by atoms with Gasteiger partial charge >= 0.3 is 5.97 Å². The molecule has 1 aliphatic rings. The van der Waals surface area contributed by atoms with Crippen molar-refractivity contribution in [2.45, 2.75) is 6.04 Å². The van der Waals surface area contributed by atoms with Gasteiger partial charge in [0.15, 0.2) is 6.04 Å². The molecule has 92 valence electrons. The SMILES string of the molecule is O=C(O)C1CSC(c2nc3c(Br)cccc3s2)=N1. The van der Waals surface area contributed by atoms with E-state index in [0.717, 1.165) is 24.7 Å². The zero-order valence-corrected chi connectivity index (χ0v) is 12.2. The molecule has 0 bridgehead atoms. The first-order valence-corrected chi connectivity index (χ1v) is 7.73. The van der Waals surface area contributed by atoms with E-state index in [-0.39, 0.29) is 0 Å². The Morgan fingerprint density at radius 1 is 1.50 bits per heavy atom. The van der Waals surface area contributed by atoms with Gasteiger partial charge in [-0.25, -0.2) is 9.78 Å². The molecule has 0 amide bonds. The maximum absolute atomic E-state index is 10.9. The lowest BCUT2D eigenvalue weighted by Crippen LogP contribution is -2.17. The minimum Gasteiger partial charge on any atom is -0.480 e. The number of thioether (sulfide) groups is 1. The number of fused-ring (bicyclic) bond motifs is 1. The van der Waals surface area contributed by atoms with Crippen molar-refractivity contribution in [2.24, 2.45) is 4.99 Å². The quantitative estimate of drug-likeness (QED) is 0.911. The average Bonchev–Trinajstić information content (AvgIpc) is 2.95. The number of halogens is 1. The van der Waals surface area contributed by atoms with Crippen LogP contribution in [0.15, 0.2) is 27.7 Å². The van der Waals surface area contributed by atoms with Crippen LogP contribution >= 0.6 is 39.0 Å². The molecule has 1 aliphatic heterocycles. The Morgan fingerprint density at radius 3 is 3.00 bits per heavy atom. The molecule has 4 nitrogen and oxygen atoms in total. The fourth-order valence-electron chi connectivity index (χ4n) is 1.62. The summed E-state index contributed by atoms with van der Waals surface area (Å²) in [6, 6.07) is 5.25. The second-order valence-corrected chi connectivity index (χ2v) is 6.60. The average molecular weight is 343 g/mol. The summed E-state index contributed by atoms with van der Waals surface area (Å²) in [4.78, 5) is 19.6. The monoisotopic (exact) mass is 342 g/mol. The number of rotatable bonds is 2. The molecule has 0 saturated heterocycles. The van der Waals surface area contributed by atoms with E-state index in [2.05, 4.69) is 25.9 Å². The van der Waals surface area contributed by atoms with Gasteiger partial charge in [0.25, 0.3) is 0 Å². The van der Waals surface area contributed by atoms with Crippen molar-refractivity contribution in [3.8, 4) is 0 Å². The van der Waals surface area contributed by atoms with E-state index in [4.69, 9.17) is 5.11 Å². The summed E-state index contributed by atoms with van der Waals surface area (Å²) < 4.78 is 2.02. The van der Waals surface area contributed by atoms with Crippen molar-refractivity contribution >= 4 is 60.3 Å². The molecule has 1 aromatic heterocycles. The normalized spacial score (nSPS) is 19.2. The van der Waals surface area contributed by atoms with Gasteiger partial charge in [0.1, 0.15) is 10.1 Å². The summed E-state index contributed by atoms with van der Waals surface area (Å²) in [5, 5.41) is 10.4. The molecule has 0 saturated carbocycles. The van der Waals surface area contributed by atoms with Crippen LogP contribution in [0, 0.1) is 0 Å². The molecule has 2 heterocycles. The van der Waals surface area contributed by atoms with Crippen molar-refractivity contribution in [3.05, 3.63) is 27.7 Å². The standard InChI is InChI=1S/C11H7BrN2O2S2/c12-5-2-1-3-7-8(5)14-10(18-7)9-13-6(4-17-9)11(15)16/h1-3,6H,4H2,(H,15,16). The van der Waals surface area contributed by atoms with Crippen LogP contribution in [0.1, 0.15) is 5.01 Å². The van der Waals surface area contributed by atoms with Crippen molar-refractivity contribution < 1.29 is 9.90 Å².